The lowest BCUT2D eigenvalue weighted by Gasteiger charge is -2.07. The normalized spacial score (nSPS) is 10.2. The molecule has 100 valence electrons. The number of benzene rings is 1. The van der Waals surface area contributed by atoms with E-state index in [2.05, 4.69) is 15.5 Å². The second kappa shape index (κ2) is 5.94. The molecule has 1 amide bonds. The maximum atomic E-state index is 13.2. The number of aromatic amines is 1. The van der Waals surface area contributed by atoms with Crippen molar-refractivity contribution in [2.45, 2.75) is 6.54 Å². The highest BCUT2D eigenvalue weighted by Gasteiger charge is 2.08. The molecular formula is C12H11F2N3O2. The second-order valence-electron chi connectivity index (χ2n) is 3.72. The lowest BCUT2D eigenvalue weighted by molar-refractivity contribution is -0.123. The van der Waals surface area contributed by atoms with E-state index >= 15 is 0 Å². The lowest BCUT2D eigenvalue weighted by Crippen LogP contribution is -2.28. The Kier molecular flexibility index (Phi) is 4.07. The van der Waals surface area contributed by atoms with Gasteiger partial charge in [-0.3, -0.25) is 9.89 Å². The SMILES string of the molecule is O=C(COc1ccc(F)cc1F)NCc1ccn[nH]1. The highest BCUT2D eigenvalue weighted by Crippen LogP contribution is 2.17. The Morgan fingerprint density at radius 1 is 1.37 bits per heavy atom. The van der Waals surface area contributed by atoms with Gasteiger partial charge in [-0.25, -0.2) is 8.78 Å². The summed E-state index contributed by atoms with van der Waals surface area (Å²) in [5.41, 5.74) is 0.737. The first kappa shape index (κ1) is 13.0. The number of rotatable bonds is 5. The minimum absolute atomic E-state index is 0.168. The molecule has 1 heterocycles. The van der Waals surface area contributed by atoms with Crippen LogP contribution >= 0.6 is 0 Å². The van der Waals surface area contributed by atoms with Crippen LogP contribution in [0, 0.1) is 11.6 Å². The van der Waals surface area contributed by atoms with Crippen molar-refractivity contribution in [2.24, 2.45) is 0 Å². The van der Waals surface area contributed by atoms with E-state index in [0.29, 0.717) is 6.07 Å². The summed E-state index contributed by atoms with van der Waals surface area (Å²) in [7, 11) is 0. The van der Waals surface area contributed by atoms with E-state index in [9.17, 15) is 13.6 Å². The summed E-state index contributed by atoms with van der Waals surface area (Å²) < 4.78 is 30.8. The van der Waals surface area contributed by atoms with Gasteiger partial charge in [-0.15, -0.1) is 0 Å². The Balaban J connectivity index is 1.80. The van der Waals surface area contributed by atoms with Crippen molar-refractivity contribution >= 4 is 5.91 Å². The van der Waals surface area contributed by atoms with Gasteiger partial charge in [-0.05, 0) is 18.2 Å². The minimum Gasteiger partial charge on any atom is -0.481 e. The molecule has 0 bridgehead atoms. The molecule has 0 spiro atoms. The van der Waals surface area contributed by atoms with Gasteiger partial charge in [-0.2, -0.15) is 5.10 Å². The number of ether oxygens (including phenoxy) is 1. The summed E-state index contributed by atoms with van der Waals surface area (Å²) >= 11 is 0. The van der Waals surface area contributed by atoms with Crippen LogP contribution in [0.4, 0.5) is 8.78 Å². The van der Waals surface area contributed by atoms with Gasteiger partial charge in [-0.1, -0.05) is 0 Å². The zero-order chi connectivity index (χ0) is 13.7. The van der Waals surface area contributed by atoms with Gasteiger partial charge >= 0.3 is 0 Å². The van der Waals surface area contributed by atoms with Crippen molar-refractivity contribution in [1.29, 1.82) is 0 Å². The molecule has 1 aromatic carbocycles. The average Bonchev–Trinajstić information content (AvgIpc) is 2.88. The summed E-state index contributed by atoms with van der Waals surface area (Å²) in [4.78, 5) is 11.4. The number of amides is 1. The Morgan fingerprint density at radius 3 is 2.89 bits per heavy atom. The Labute approximate surface area is 107 Å². The minimum atomic E-state index is -0.846. The molecule has 2 N–H and O–H groups in total. The molecule has 0 aliphatic carbocycles. The molecule has 0 aliphatic heterocycles. The molecule has 19 heavy (non-hydrogen) atoms. The lowest BCUT2D eigenvalue weighted by atomic mass is 10.3. The molecule has 7 heteroatoms. The maximum absolute atomic E-state index is 13.2. The molecule has 0 aliphatic rings. The molecule has 0 unspecified atom stereocenters. The second-order valence-corrected chi connectivity index (χ2v) is 3.72. The maximum Gasteiger partial charge on any atom is 0.258 e. The number of H-pyrrole nitrogens is 1. The van der Waals surface area contributed by atoms with Crippen molar-refractivity contribution in [1.82, 2.24) is 15.5 Å². The standard InChI is InChI=1S/C12H11F2N3O2/c13-8-1-2-11(10(14)5-8)19-7-12(18)15-6-9-3-4-16-17-9/h1-5H,6-7H2,(H,15,18)(H,16,17). The summed E-state index contributed by atoms with van der Waals surface area (Å²) in [5.74, 6) is -2.13. The van der Waals surface area contributed by atoms with E-state index in [-0.39, 0.29) is 18.9 Å². The van der Waals surface area contributed by atoms with E-state index in [1.807, 2.05) is 0 Å². The first-order valence-electron chi connectivity index (χ1n) is 5.48. The number of hydrogen-bond acceptors (Lipinski definition) is 3. The molecule has 0 atom stereocenters. The number of hydrogen-bond donors (Lipinski definition) is 2. The molecule has 0 radical (unpaired) electrons. The Bertz CT molecular complexity index is 558. The van der Waals surface area contributed by atoms with Crippen LogP contribution in [0.1, 0.15) is 5.69 Å². The van der Waals surface area contributed by atoms with Crippen LogP contribution in [0.25, 0.3) is 0 Å². The van der Waals surface area contributed by atoms with Gasteiger partial charge in [0.2, 0.25) is 0 Å². The van der Waals surface area contributed by atoms with E-state index < -0.39 is 17.5 Å². The molecule has 2 aromatic rings. The zero-order valence-corrected chi connectivity index (χ0v) is 9.82. The monoisotopic (exact) mass is 267 g/mol. The van der Waals surface area contributed by atoms with Gasteiger partial charge in [0.05, 0.1) is 12.2 Å². The number of nitrogens with one attached hydrogen (secondary N) is 2. The van der Waals surface area contributed by atoms with Gasteiger partial charge in [0, 0.05) is 12.3 Å². The Morgan fingerprint density at radius 2 is 2.21 bits per heavy atom. The third-order valence-corrected chi connectivity index (χ3v) is 2.29. The third-order valence-electron chi connectivity index (χ3n) is 2.29. The van der Waals surface area contributed by atoms with Crippen LogP contribution in [0.3, 0.4) is 0 Å². The van der Waals surface area contributed by atoms with Crippen molar-refractivity contribution in [3.63, 3.8) is 0 Å². The predicted molar refractivity (Wildman–Crippen MR) is 62.3 cm³/mol. The number of nitrogens with zero attached hydrogens (tertiary/aromatic N) is 1. The summed E-state index contributed by atoms with van der Waals surface area (Å²) in [5, 5.41) is 8.95. The van der Waals surface area contributed by atoms with Crippen LogP contribution < -0.4 is 10.1 Å². The number of halogens is 2. The van der Waals surface area contributed by atoms with E-state index in [4.69, 9.17) is 4.74 Å². The van der Waals surface area contributed by atoms with Gasteiger partial charge in [0.25, 0.3) is 5.91 Å². The van der Waals surface area contributed by atoms with Crippen molar-refractivity contribution < 1.29 is 18.3 Å². The van der Waals surface area contributed by atoms with Crippen LogP contribution in [0.2, 0.25) is 0 Å². The molecular weight excluding hydrogens is 256 g/mol. The van der Waals surface area contributed by atoms with E-state index in [0.717, 1.165) is 17.8 Å². The summed E-state index contributed by atoms with van der Waals surface area (Å²) in [6, 6.07) is 4.59. The van der Waals surface area contributed by atoms with Crippen LogP contribution in [0.15, 0.2) is 30.5 Å². The predicted octanol–water partition coefficient (Wildman–Crippen LogP) is 1.38. The van der Waals surface area contributed by atoms with E-state index in [1.165, 1.54) is 0 Å². The summed E-state index contributed by atoms with van der Waals surface area (Å²) in [6.45, 7) is -0.0786. The number of carbonyl (C=O) groups excluding carboxylic acids is 1. The molecule has 1 aromatic heterocycles. The van der Waals surface area contributed by atoms with Gasteiger partial charge < -0.3 is 10.1 Å². The van der Waals surface area contributed by atoms with Crippen molar-refractivity contribution in [3.8, 4) is 5.75 Å². The molecule has 0 fully saturated rings. The summed E-state index contributed by atoms with van der Waals surface area (Å²) in [6.07, 6.45) is 1.56. The van der Waals surface area contributed by atoms with E-state index in [1.54, 1.807) is 12.3 Å². The Hall–Kier alpha value is -2.44. The third kappa shape index (κ3) is 3.77. The molecule has 5 nitrogen and oxygen atoms in total. The average molecular weight is 267 g/mol. The fourth-order valence-electron chi connectivity index (χ4n) is 1.36. The fraction of sp³-hybridized carbons (Fsp3) is 0.167. The smallest absolute Gasteiger partial charge is 0.258 e. The molecule has 0 saturated carbocycles. The quantitative estimate of drug-likeness (QED) is 0.860. The van der Waals surface area contributed by atoms with Crippen molar-refractivity contribution in [3.05, 3.63) is 47.8 Å². The topological polar surface area (TPSA) is 67.0 Å². The van der Waals surface area contributed by atoms with Crippen LogP contribution in [-0.2, 0) is 11.3 Å². The molecule has 2 rings (SSSR count). The van der Waals surface area contributed by atoms with Crippen LogP contribution in [-0.4, -0.2) is 22.7 Å². The van der Waals surface area contributed by atoms with Crippen LogP contribution in [0.5, 0.6) is 5.75 Å². The number of carbonyl (C=O) groups is 1. The number of aromatic nitrogens is 2. The molecule has 0 saturated heterocycles. The highest BCUT2D eigenvalue weighted by molar-refractivity contribution is 5.77. The first-order chi connectivity index (χ1) is 9.15. The van der Waals surface area contributed by atoms with Crippen molar-refractivity contribution in [2.75, 3.05) is 6.61 Å². The largest absolute Gasteiger partial charge is 0.481 e. The van der Waals surface area contributed by atoms with Gasteiger partial charge in [0.15, 0.2) is 18.2 Å². The zero-order valence-electron chi connectivity index (χ0n) is 9.82. The fourth-order valence-corrected chi connectivity index (χ4v) is 1.36. The highest BCUT2D eigenvalue weighted by atomic mass is 19.1. The first-order valence-corrected chi connectivity index (χ1v) is 5.48. The van der Waals surface area contributed by atoms with Gasteiger partial charge in [0.1, 0.15) is 5.82 Å².